The molecule has 0 amide bonds. The number of hydrogen-bond acceptors (Lipinski definition) is 3. The van der Waals surface area contributed by atoms with Crippen LogP contribution >= 0.6 is 0 Å². The minimum atomic E-state index is -0.212. The molecule has 0 aromatic heterocycles. The fourth-order valence-corrected chi connectivity index (χ4v) is 3.56. The van der Waals surface area contributed by atoms with Crippen LogP contribution < -0.4 is 9.64 Å². The molecule has 1 heterocycles. The maximum absolute atomic E-state index is 14.6. The molecule has 1 fully saturated rings. The zero-order valence-electron chi connectivity index (χ0n) is 16.2. The first-order chi connectivity index (χ1) is 13.2. The summed E-state index contributed by atoms with van der Waals surface area (Å²) in [5.41, 5.74) is 3.96. The van der Waals surface area contributed by atoms with Crippen LogP contribution in [0.2, 0.25) is 0 Å². The molecule has 0 aliphatic carbocycles. The van der Waals surface area contributed by atoms with Crippen LogP contribution in [0.1, 0.15) is 37.3 Å². The predicted molar refractivity (Wildman–Crippen MR) is 109 cm³/mol. The van der Waals surface area contributed by atoms with Crippen LogP contribution in [0.25, 0.3) is 5.57 Å². The summed E-state index contributed by atoms with van der Waals surface area (Å²) in [6.45, 7) is 4.79. The van der Waals surface area contributed by atoms with Gasteiger partial charge in [0.25, 0.3) is 0 Å². The first kappa shape index (κ1) is 19.4. The molecule has 0 unspecified atom stereocenters. The number of ether oxygens (including phenoxy) is 2. The van der Waals surface area contributed by atoms with E-state index < -0.39 is 0 Å². The van der Waals surface area contributed by atoms with E-state index in [0.29, 0.717) is 24.7 Å². The van der Waals surface area contributed by atoms with Crippen molar-refractivity contribution in [3.05, 3.63) is 65.5 Å². The second kappa shape index (κ2) is 9.56. The number of rotatable bonds is 7. The van der Waals surface area contributed by atoms with Crippen molar-refractivity contribution < 1.29 is 13.9 Å². The van der Waals surface area contributed by atoms with E-state index in [1.165, 1.54) is 12.5 Å². The maximum Gasteiger partial charge on any atom is 0.150 e. The fourth-order valence-electron chi connectivity index (χ4n) is 3.56. The lowest BCUT2D eigenvalue weighted by molar-refractivity contribution is 0.239. The molecule has 0 atom stereocenters. The Labute approximate surface area is 161 Å². The van der Waals surface area contributed by atoms with E-state index in [0.717, 1.165) is 42.6 Å². The highest BCUT2D eigenvalue weighted by atomic mass is 19.1. The summed E-state index contributed by atoms with van der Waals surface area (Å²) in [4.78, 5) is 2.13. The van der Waals surface area contributed by atoms with Crippen molar-refractivity contribution in [2.45, 2.75) is 32.8 Å². The molecular weight excluding hydrogens is 341 g/mol. The van der Waals surface area contributed by atoms with Crippen LogP contribution in [0.5, 0.6) is 5.75 Å². The Morgan fingerprint density at radius 1 is 1.11 bits per heavy atom. The lowest BCUT2D eigenvalue weighted by Gasteiger charge is -2.29. The van der Waals surface area contributed by atoms with Gasteiger partial charge in [-0.25, -0.2) is 4.39 Å². The summed E-state index contributed by atoms with van der Waals surface area (Å²) in [7, 11) is 1.69. The highest BCUT2D eigenvalue weighted by molar-refractivity contribution is 5.68. The number of piperidine rings is 1. The van der Waals surface area contributed by atoms with E-state index in [-0.39, 0.29) is 5.82 Å². The monoisotopic (exact) mass is 369 g/mol. The van der Waals surface area contributed by atoms with E-state index in [1.807, 2.05) is 37.3 Å². The molecule has 2 aromatic rings. The minimum absolute atomic E-state index is 0.212. The van der Waals surface area contributed by atoms with Gasteiger partial charge >= 0.3 is 0 Å². The summed E-state index contributed by atoms with van der Waals surface area (Å²) < 4.78 is 25.8. The van der Waals surface area contributed by atoms with Gasteiger partial charge in [0.05, 0.1) is 12.3 Å². The van der Waals surface area contributed by atoms with Crippen molar-refractivity contribution in [1.29, 1.82) is 0 Å². The summed E-state index contributed by atoms with van der Waals surface area (Å²) in [6, 6.07) is 13.3. The topological polar surface area (TPSA) is 21.7 Å². The summed E-state index contributed by atoms with van der Waals surface area (Å²) in [6.07, 6.45) is 5.54. The number of anilines is 1. The third kappa shape index (κ3) is 4.89. The van der Waals surface area contributed by atoms with Crippen LogP contribution in [0.3, 0.4) is 0 Å². The van der Waals surface area contributed by atoms with Crippen LogP contribution in [-0.2, 0) is 11.3 Å². The van der Waals surface area contributed by atoms with Crippen molar-refractivity contribution in [3.8, 4) is 5.75 Å². The average molecular weight is 369 g/mol. The predicted octanol–water partition coefficient (Wildman–Crippen LogP) is 5.44. The number of hydrogen-bond donors (Lipinski definition) is 0. The Morgan fingerprint density at radius 3 is 2.59 bits per heavy atom. The summed E-state index contributed by atoms with van der Waals surface area (Å²) in [5.74, 6) is 0.341. The molecule has 3 nitrogen and oxygen atoms in total. The molecule has 1 aliphatic heterocycles. The van der Waals surface area contributed by atoms with Crippen molar-refractivity contribution in [3.63, 3.8) is 0 Å². The smallest absolute Gasteiger partial charge is 0.150 e. The lowest BCUT2D eigenvalue weighted by Crippen LogP contribution is -2.30. The summed E-state index contributed by atoms with van der Waals surface area (Å²) in [5, 5.41) is 0. The molecule has 1 aliphatic rings. The van der Waals surface area contributed by atoms with Crippen LogP contribution in [0, 0.1) is 5.82 Å². The van der Waals surface area contributed by atoms with E-state index in [2.05, 4.69) is 17.0 Å². The lowest BCUT2D eigenvalue weighted by atomic mass is 10.0. The Balaban J connectivity index is 1.71. The van der Waals surface area contributed by atoms with Crippen LogP contribution in [-0.4, -0.2) is 26.8 Å². The van der Waals surface area contributed by atoms with E-state index in [1.54, 1.807) is 7.11 Å². The molecule has 3 rings (SSSR count). The Hall–Kier alpha value is -2.33. The molecule has 0 radical (unpaired) electrons. The average Bonchev–Trinajstić information content (AvgIpc) is 2.71. The van der Waals surface area contributed by atoms with Crippen molar-refractivity contribution in [2.24, 2.45) is 0 Å². The van der Waals surface area contributed by atoms with Gasteiger partial charge in [-0.3, -0.25) is 0 Å². The van der Waals surface area contributed by atoms with Crippen molar-refractivity contribution in [1.82, 2.24) is 0 Å². The first-order valence-corrected chi connectivity index (χ1v) is 9.62. The summed E-state index contributed by atoms with van der Waals surface area (Å²) >= 11 is 0. The number of nitrogens with zero attached hydrogens (tertiary/aromatic N) is 1. The van der Waals surface area contributed by atoms with Crippen molar-refractivity contribution in [2.75, 3.05) is 31.7 Å². The van der Waals surface area contributed by atoms with Gasteiger partial charge in [-0.2, -0.15) is 0 Å². The highest BCUT2D eigenvalue weighted by Crippen LogP contribution is 2.28. The molecule has 144 valence electrons. The standard InChI is InChI=1S/C23H28FNO2/c1-3-18(16-26-2)21-10-6-5-9-19(21)17-27-20-11-12-23(22(24)15-20)25-13-7-4-8-14-25/h3,5-6,9-12,15H,4,7-8,13-14,16-17H2,1-2H3/b18-3-. The third-order valence-corrected chi connectivity index (χ3v) is 5.02. The molecule has 2 aromatic carbocycles. The molecule has 0 bridgehead atoms. The van der Waals surface area contributed by atoms with Gasteiger partial charge in [-0.15, -0.1) is 0 Å². The Bertz CT molecular complexity index is 782. The third-order valence-electron chi connectivity index (χ3n) is 5.02. The zero-order valence-corrected chi connectivity index (χ0v) is 16.2. The molecule has 1 saturated heterocycles. The molecule has 27 heavy (non-hydrogen) atoms. The number of halogens is 1. The SMILES string of the molecule is C/C=C(/COC)c1ccccc1COc1ccc(N2CCCCC2)c(F)c1. The van der Waals surface area contributed by atoms with Gasteiger partial charge in [-0.05, 0) is 55.0 Å². The quantitative estimate of drug-likeness (QED) is 0.648. The van der Waals surface area contributed by atoms with Gasteiger partial charge in [0.2, 0.25) is 0 Å². The van der Waals surface area contributed by atoms with Crippen molar-refractivity contribution >= 4 is 11.3 Å². The van der Waals surface area contributed by atoms with Crippen LogP contribution in [0.15, 0.2) is 48.5 Å². The number of methoxy groups -OCH3 is 1. The molecule has 0 N–H and O–H groups in total. The van der Waals surface area contributed by atoms with E-state index >= 15 is 0 Å². The molecule has 0 spiro atoms. The zero-order chi connectivity index (χ0) is 19.1. The Kier molecular flexibility index (Phi) is 6.88. The minimum Gasteiger partial charge on any atom is -0.489 e. The Morgan fingerprint density at radius 2 is 1.89 bits per heavy atom. The second-order valence-corrected chi connectivity index (χ2v) is 6.85. The second-order valence-electron chi connectivity index (χ2n) is 6.85. The maximum atomic E-state index is 14.6. The first-order valence-electron chi connectivity index (χ1n) is 9.62. The van der Waals surface area contributed by atoms with Crippen LogP contribution in [0.4, 0.5) is 10.1 Å². The number of benzene rings is 2. The number of allylic oxidation sites excluding steroid dienone is 1. The molecule has 0 saturated carbocycles. The molecular formula is C23H28FNO2. The van der Waals surface area contributed by atoms with E-state index in [9.17, 15) is 4.39 Å². The molecule has 4 heteroatoms. The van der Waals surface area contributed by atoms with Gasteiger partial charge in [0, 0.05) is 26.3 Å². The van der Waals surface area contributed by atoms with Gasteiger partial charge in [0.1, 0.15) is 18.2 Å². The fraction of sp³-hybridized carbons (Fsp3) is 0.391. The largest absolute Gasteiger partial charge is 0.489 e. The van der Waals surface area contributed by atoms with Gasteiger partial charge in [-0.1, -0.05) is 30.3 Å². The highest BCUT2D eigenvalue weighted by Gasteiger charge is 2.15. The normalized spacial score (nSPS) is 15.1. The van der Waals surface area contributed by atoms with E-state index in [4.69, 9.17) is 9.47 Å². The van der Waals surface area contributed by atoms with Gasteiger partial charge in [0.15, 0.2) is 0 Å². The van der Waals surface area contributed by atoms with Gasteiger partial charge < -0.3 is 14.4 Å².